The van der Waals surface area contributed by atoms with Crippen molar-refractivity contribution in [3.8, 4) is 5.75 Å². The number of aromatic nitrogens is 1. The number of pyridine rings is 1. The predicted molar refractivity (Wildman–Crippen MR) is 95.4 cm³/mol. The van der Waals surface area contributed by atoms with Crippen molar-refractivity contribution in [1.29, 1.82) is 0 Å². The van der Waals surface area contributed by atoms with E-state index in [9.17, 15) is 13.2 Å². The molecule has 3 rings (SSSR count). The molecule has 1 aliphatic heterocycles. The smallest absolute Gasteiger partial charge is 0.254 e. The Morgan fingerprint density at radius 2 is 1.80 bits per heavy atom. The van der Waals surface area contributed by atoms with Gasteiger partial charge in [0, 0.05) is 18.8 Å². The van der Waals surface area contributed by atoms with Gasteiger partial charge in [-0.2, -0.15) is 4.31 Å². The molecular weight excluding hydrogens is 340 g/mol. The van der Waals surface area contributed by atoms with Crippen LogP contribution in [0, 0.1) is 6.92 Å². The van der Waals surface area contributed by atoms with Gasteiger partial charge in [-0.3, -0.25) is 4.79 Å². The molecule has 1 aromatic heterocycles. The molecule has 0 spiro atoms. The van der Waals surface area contributed by atoms with Gasteiger partial charge in [0.05, 0.1) is 18.0 Å². The maximum atomic E-state index is 12.6. The normalized spacial score (nSPS) is 15.8. The van der Waals surface area contributed by atoms with Gasteiger partial charge >= 0.3 is 0 Å². The van der Waals surface area contributed by atoms with E-state index >= 15 is 0 Å². The molecule has 6 nitrogen and oxygen atoms in total. The molecule has 2 aromatic rings. The van der Waals surface area contributed by atoms with Crippen LogP contribution >= 0.6 is 0 Å². The molecule has 25 heavy (non-hydrogen) atoms. The maximum absolute atomic E-state index is 12.6. The molecule has 0 radical (unpaired) electrons. The van der Waals surface area contributed by atoms with Gasteiger partial charge in [-0.25, -0.2) is 8.42 Å². The van der Waals surface area contributed by atoms with Gasteiger partial charge in [-0.1, -0.05) is 19.1 Å². The first-order chi connectivity index (χ1) is 11.8. The summed E-state index contributed by atoms with van der Waals surface area (Å²) in [6.07, 6.45) is 0.631. The Morgan fingerprint density at radius 1 is 1.16 bits per heavy atom. The minimum absolute atomic E-state index is 0.144. The molecule has 134 valence electrons. The number of sulfonamides is 1. The average molecular weight is 362 g/mol. The van der Waals surface area contributed by atoms with Crippen molar-refractivity contribution in [2.24, 2.45) is 7.05 Å². The van der Waals surface area contributed by atoms with Crippen LogP contribution in [0.4, 0.5) is 0 Å². The van der Waals surface area contributed by atoms with E-state index in [1.807, 2.05) is 26.0 Å². The highest BCUT2D eigenvalue weighted by atomic mass is 32.2. The van der Waals surface area contributed by atoms with Crippen LogP contribution in [0.3, 0.4) is 0 Å². The molecule has 0 amide bonds. The summed E-state index contributed by atoms with van der Waals surface area (Å²) in [5.74, 6) is 0.481. The fraction of sp³-hybridized carbons (Fsp3) is 0.389. The molecule has 1 saturated heterocycles. The molecule has 1 aromatic carbocycles. The van der Waals surface area contributed by atoms with Gasteiger partial charge in [0.15, 0.2) is 0 Å². The molecule has 2 heterocycles. The first kappa shape index (κ1) is 17.7. The minimum Gasteiger partial charge on any atom is -0.487 e. The van der Waals surface area contributed by atoms with Crippen molar-refractivity contribution >= 4 is 10.0 Å². The molecule has 0 bridgehead atoms. The van der Waals surface area contributed by atoms with Crippen LogP contribution < -0.4 is 10.3 Å². The Kier molecular flexibility index (Phi) is 4.71. The lowest BCUT2D eigenvalue weighted by Gasteiger charge is -2.37. The number of nitrogens with zero attached hydrogens (tertiary/aromatic N) is 2. The molecule has 7 heteroatoms. The van der Waals surface area contributed by atoms with Crippen LogP contribution in [-0.2, 0) is 23.5 Å². The number of benzene rings is 1. The van der Waals surface area contributed by atoms with Gasteiger partial charge in [0.1, 0.15) is 11.9 Å². The van der Waals surface area contributed by atoms with Crippen molar-refractivity contribution in [3.63, 3.8) is 0 Å². The van der Waals surface area contributed by atoms with E-state index in [1.54, 1.807) is 25.2 Å². The summed E-state index contributed by atoms with van der Waals surface area (Å²) in [6.45, 7) is 4.42. The van der Waals surface area contributed by atoms with Crippen molar-refractivity contribution < 1.29 is 13.2 Å². The van der Waals surface area contributed by atoms with Crippen molar-refractivity contribution in [2.75, 3.05) is 13.1 Å². The number of hydrogen-bond acceptors (Lipinski definition) is 4. The van der Waals surface area contributed by atoms with E-state index in [0.29, 0.717) is 10.6 Å². The zero-order chi connectivity index (χ0) is 18.2. The van der Waals surface area contributed by atoms with Gasteiger partial charge in [0.25, 0.3) is 5.56 Å². The van der Waals surface area contributed by atoms with Gasteiger partial charge < -0.3 is 9.30 Å². The van der Waals surface area contributed by atoms with Crippen molar-refractivity contribution in [2.45, 2.75) is 31.3 Å². The highest BCUT2D eigenvalue weighted by molar-refractivity contribution is 7.89. The summed E-state index contributed by atoms with van der Waals surface area (Å²) in [5, 5.41) is 0. The first-order valence-electron chi connectivity index (χ1n) is 8.24. The quantitative estimate of drug-likeness (QED) is 0.812. The van der Waals surface area contributed by atoms with E-state index in [0.717, 1.165) is 17.7 Å². The van der Waals surface area contributed by atoms with Crippen LogP contribution in [0.2, 0.25) is 0 Å². The minimum atomic E-state index is -3.49. The topological polar surface area (TPSA) is 68.6 Å². The zero-order valence-electron chi connectivity index (χ0n) is 14.6. The van der Waals surface area contributed by atoms with Crippen LogP contribution in [0.15, 0.2) is 46.1 Å². The Balaban J connectivity index is 1.66. The summed E-state index contributed by atoms with van der Waals surface area (Å²) < 4.78 is 33.8. The first-order valence-corrected chi connectivity index (χ1v) is 9.68. The van der Waals surface area contributed by atoms with Crippen molar-refractivity contribution in [1.82, 2.24) is 8.87 Å². The lowest BCUT2D eigenvalue weighted by atomic mass is 10.2. The lowest BCUT2D eigenvalue weighted by Crippen LogP contribution is -2.56. The highest BCUT2D eigenvalue weighted by Gasteiger charge is 2.38. The molecule has 0 saturated carbocycles. The van der Waals surface area contributed by atoms with Crippen LogP contribution in [0.1, 0.15) is 18.2 Å². The van der Waals surface area contributed by atoms with Crippen molar-refractivity contribution in [3.05, 3.63) is 58.0 Å². The van der Waals surface area contributed by atoms with Crippen LogP contribution in [0.25, 0.3) is 0 Å². The summed E-state index contributed by atoms with van der Waals surface area (Å²) in [6, 6.07) is 10.2. The molecular formula is C18H22N2O4S. The van der Waals surface area contributed by atoms with E-state index in [-0.39, 0.29) is 24.8 Å². The molecule has 1 fully saturated rings. The fourth-order valence-corrected chi connectivity index (χ4v) is 4.22. The molecule has 1 aliphatic rings. The Morgan fingerprint density at radius 3 is 2.36 bits per heavy atom. The molecule has 0 N–H and O–H groups in total. The largest absolute Gasteiger partial charge is 0.487 e. The molecule has 0 unspecified atom stereocenters. The van der Waals surface area contributed by atoms with Gasteiger partial charge in [-0.05, 0) is 37.1 Å². The number of aryl methyl sites for hydroxylation is 2. The maximum Gasteiger partial charge on any atom is 0.254 e. The highest BCUT2D eigenvalue weighted by Crippen LogP contribution is 2.25. The van der Waals surface area contributed by atoms with Crippen LogP contribution in [0.5, 0.6) is 5.75 Å². The van der Waals surface area contributed by atoms with E-state index in [1.165, 1.54) is 14.9 Å². The van der Waals surface area contributed by atoms with Gasteiger partial charge in [0.2, 0.25) is 10.0 Å². The Hall–Kier alpha value is -2.12. The lowest BCUT2D eigenvalue weighted by molar-refractivity contribution is 0.0759. The van der Waals surface area contributed by atoms with E-state index < -0.39 is 10.0 Å². The number of hydrogen-bond donors (Lipinski definition) is 0. The standard InChI is InChI=1S/C18H22N2O4S/c1-4-14-5-7-17(8-6-14)25(22,23)20-11-16(12-20)24-15-9-13(2)19(3)18(21)10-15/h5-10,16H,4,11-12H2,1-3H3. The van der Waals surface area contributed by atoms with E-state index in [2.05, 4.69) is 0 Å². The summed E-state index contributed by atoms with van der Waals surface area (Å²) in [7, 11) is -1.79. The second-order valence-electron chi connectivity index (χ2n) is 6.29. The third-order valence-electron chi connectivity index (χ3n) is 4.56. The van der Waals surface area contributed by atoms with E-state index in [4.69, 9.17) is 4.74 Å². The second kappa shape index (κ2) is 6.65. The SMILES string of the molecule is CCc1ccc(S(=O)(=O)N2CC(Oc3cc(C)n(C)c(=O)c3)C2)cc1. The number of rotatable bonds is 5. The Bertz CT molecular complexity index is 927. The predicted octanol–water partition coefficient (Wildman–Crippen LogP) is 1.71. The third kappa shape index (κ3) is 3.48. The summed E-state index contributed by atoms with van der Waals surface area (Å²) in [4.78, 5) is 12.1. The summed E-state index contributed by atoms with van der Waals surface area (Å²) >= 11 is 0. The average Bonchev–Trinajstić information content (AvgIpc) is 2.55. The van der Waals surface area contributed by atoms with Gasteiger partial charge in [-0.15, -0.1) is 0 Å². The monoisotopic (exact) mass is 362 g/mol. The second-order valence-corrected chi connectivity index (χ2v) is 8.23. The van der Waals surface area contributed by atoms with Crippen LogP contribution in [-0.4, -0.2) is 36.5 Å². The summed E-state index contributed by atoms with van der Waals surface area (Å²) in [5.41, 5.74) is 1.75. The molecule has 0 atom stereocenters. The zero-order valence-corrected chi connectivity index (χ0v) is 15.4. The third-order valence-corrected chi connectivity index (χ3v) is 6.41. The fourth-order valence-electron chi connectivity index (χ4n) is 2.71. The molecule has 0 aliphatic carbocycles. The Labute approximate surface area is 147 Å². The number of ether oxygens (including phenoxy) is 1.